The van der Waals surface area contributed by atoms with Crippen molar-refractivity contribution in [2.45, 2.75) is 26.8 Å². The molecule has 2 aromatic carbocycles. The van der Waals surface area contributed by atoms with Gasteiger partial charge in [0.05, 0.1) is 28.5 Å². The number of halogens is 1. The average molecular weight is 563 g/mol. The molecule has 1 atom stereocenters. The largest absolute Gasteiger partial charge is 0.463 e. The van der Waals surface area contributed by atoms with Crippen LogP contribution in [-0.2, 0) is 9.53 Å². The van der Waals surface area contributed by atoms with Crippen LogP contribution in [0.2, 0.25) is 0 Å². The van der Waals surface area contributed by atoms with E-state index in [2.05, 4.69) is 20.9 Å². The molecule has 182 valence electrons. The minimum absolute atomic E-state index is 0.236. The van der Waals surface area contributed by atoms with Crippen molar-refractivity contribution in [2.24, 2.45) is 4.99 Å². The summed E-state index contributed by atoms with van der Waals surface area (Å²) in [6, 6.07) is 18.7. The first-order valence-corrected chi connectivity index (χ1v) is 13.1. The fourth-order valence-electron chi connectivity index (χ4n) is 4.21. The number of carbonyl (C=O) groups excluding carboxylic acids is 1. The molecule has 0 unspecified atom stereocenters. The topological polar surface area (TPSA) is 73.8 Å². The third-order valence-corrected chi connectivity index (χ3v) is 7.40. The van der Waals surface area contributed by atoms with Crippen molar-refractivity contribution < 1.29 is 13.9 Å². The highest BCUT2D eigenvalue weighted by atomic mass is 79.9. The Hall–Kier alpha value is -3.49. The fraction of sp³-hybridized carbons (Fsp3) is 0.179. The van der Waals surface area contributed by atoms with Gasteiger partial charge < -0.3 is 9.15 Å². The number of aryl methyl sites for hydroxylation is 1. The summed E-state index contributed by atoms with van der Waals surface area (Å²) in [5.74, 6) is 0.792. The molecule has 5 rings (SSSR count). The molecule has 0 N–H and O–H groups in total. The van der Waals surface area contributed by atoms with Gasteiger partial charge in [-0.3, -0.25) is 9.36 Å². The molecule has 8 heteroatoms. The maximum atomic E-state index is 13.7. The molecule has 0 bridgehead atoms. The van der Waals surface area contributed by atoms with Crippen molar-refractivity contribution in [3.05, 3.63) is 113 Å². The first-order chi connectivity index (χ1) is 17.4. The third kappa shape index (κ3) is 4.54. The van der Waals surface area contributed by atoms with E-state index in [1.54, 1.807) is 24.5 Å². The normalized spacial score (nSPS) is 15.6. The number of benzene rings is 2. The van der Waals surface area contributed by atoms with Crippen LogP contribution >= 0.6 is 27.3 Å². The van der Waals surface area contributed by atoms with E-state index in [9.17, 15) is 9.59 Å². The quantitative estimate of drug-likeness (QED) is 0.316. The first-order valence-electron chi connectivity index (χ1n) is 11.5. The van der Waals surface area contributed by atoms with Crippen LogP contribution in [0.1, 0.15) is 36.8 Å². The Morgan fingerprint density at radius 2 is 1.94 bits per heavy atom. The van der Waals surface area contributed by atoms with Crippen LogP contribution in [0.25, 0.3) is 17.4 Å². The highest BCUT2D eigenvalue weighted by molar-refractivity contribution is 9.10. The number of ether oxygens (including phenoxy) is 1. The molecule has 0 radical (unpaired) electrons. The van der Waals surface area contributed by atoms with E-state index in [1.807, 2.05) is 67.6 Å². The molecule has 6 nitrogen and oxygen atoms in total. The summed E-state index contributed by atoms with van der Waals surface area (Å²) in [6.07, 6.45) is 1.72. The summed E-state index contributed by atoms with van der Waals surface area (Å²) in [4.78, 5) is 31.8. The Bertz CT molecular complexity index is 1680. The highest BCUT2D eigenvalue weighted by Crippen LogP contribution is 2.31. The number of furan rings is 1. The van der Waals surface area contributed by atoms with Crippen LogP contribution in [0.5, 0.6) is 0 Å². The SMILES string of the molecule is CCOC(=O)C1=C(C)N=c2s/c(=C\c3ccc(-c4cccc(Br)c4)o3)c(=O)n2[C@H]1c1ccc(C)cc1. The number of carbonyl (C=O) groups is 1. The second kappa shape index (κ2) is 9.87. The lowest BCUT2D eigenvalue weighted by molar-refractivity contribution is -0.139. The number of aromatic nitrogens is 1. The number of rotatable bonds is 5. The molecule has 2 aromatic heterocycles. The van der Waals surface area contributed by atoms with Gasteiger partial charge in [0.25, 0.3) is 5.56 Å². The first kappa shape index (κ1) is 24.2. The van der Waals surface area contributed by atoms with E-state index in [0.29, 0.717) is 32.1 Å². The molecule has 0 saturated carbocycles. The molecule has 3 heterocycles. The van der Waals surface area contributed by atoms with Gasteiger partial charge in [0, 0.05) is 16.1 Å². The van der Waals surface area contributed by atoms with Crippen molar-refractivity contribution >= 4 is 39.3 Å². The predicted octanol–water partition coefficient (Wildman–Crippen LogP) is 5.13. The summed E-state index contributed by atoms with van der Waals surface area (Å²) < 4.78 is 14.4. The van der Waals surface area contributed by atoms with Gasteiger partial charge in [-0.25, -0.2) is 9.79 Å². The minimum atomic E-state index is -0.628. The maximum Gasteiger partial charge on any atom is 0.338 e. The van der Waals surface area contributed by atoms with Gasteiger partial charge in [0.2, 0.25) is 0 Å². The Balaban J connectivity index is 1.64. The lowest BCUT2D eigenvalue weighted by Gasteiger charge is -2.24. The van der Waals surface area contributed by atoms with Crippen LogP contribution in [-0.4, -0.2) is 17.1 Å². The van der Waals surface area contributed by atoms with Crippen LogP contribution in [0.4, 0.5) is 0 Å². The molecule has 0 amide bonds. The van der Waals surface area contributed by atoms with E-state index >= 15 is 0 Å². The molecule has 36 heavy (non-hydrogen) atoms. The number of thiazole rings is 1. The van der Waals surface area contributed by atoms with E-state index in [0.717, 1.165) is 21.2 Å². The zero-order valence-electron chi connectivity index (χ0n) is 19.9. The molecule has 0 saturated heterocycles. The molecule has 4 aromatic rings. The predicted molar refractivity (Wildman–Crippen MR) is 143 cm³/mol. The Morgan fingerprint density at radius 3 is 2.67 bits per heavy atom. The van der Waals surface area contributed by atoms with E-state index in [4.69, 9.17) is 9.15 Å². The van der Waals surface area contributed by atoms with Crippen LogP contribution < -0.4 is 14.9 Å². The molecule has 0 fully saturated rings. The van der Waals surface area contributed by atoms with E-state index < -0.39 is 12.0 Å². The molecule has 0 spiro atoms. The Kier molecular flexibility index (Phi) is 6.64. The molecular formula is C28H23BrN2O4S. The van der Waals surface area contributed by atoms with Gasteiger partial charge in [-0.2, -0.15) is 0 Å². The second-order valence-electron chi connectivity index (χ2n) is 8.43. The van der Waals surface area contributed by atoms with E-state index in [-0.39, 0.29) is 12.2 Å². The van der Waals surface area contributed by atoms with E-state index in [1.165, 1.54) is 11.3 Å². The smallest absolute Gasteiger partial charge is 0.338 e. The van der Waals surface area contributed by atoms with Gasteiger partial charge in [-0.15, -0.1) is 0 Å². The van der Waals surface area contributed by atoms with Crippen molar-refractivity contribution in [3.63, 3.8) is 0 Å². The third-order valence-electron chi connectivity index (χ3n) is 5.92. The lowest BCUT2D eigenvalue weighted by atomic mass is 9.95. The zero-order chi connectivity index (χ0) is 25.4. The Labute approximate surface area is 220 Å². The number of fused-ring (bicyclic) bond motifs is 1. The Morgan fingerprint density at radius 1 is 1.17 bits per heavy atom. The van der Waals surface area contributed by atoms with Crippen LogP contribution in [0.15, 0.2) is 90.6 Å². The van der Waals surface area contributed by atoms with Crippen LogP contribution in [0, 0.1) is 6.92 Å². The van der Waals surface area contributed by atoms with Crippen LogP contribution in [0.3, 0.4) is 0 Å². The number of hydrogen-bond acceptors (Lipinski definition) is 6. The van der Waals surface area contributed by atoms with Gasteiger partial charge in [0.1, 0.15) is 11.5 Å². The summed E-state index contributed by atoms with van der Waals surface area (Å²) in [7, 11) is 0. The molecule has 0 aliphatic carbocycles. The highest BCUT2D eigenvalue weighted by Gasteiger charge is 2.33. The monoisotopic (exact) mass is 562 g/mol. The van der Waals surface area contributed by atoms with Crippen molar-refractivity contribution in [3.8, 4) is 11.3 Å². The molecule has 1 aliphatic heterocycles. The van der Waals surface area contributed by atoms with Gasteiger partial charge in [-0.05, 0) is 50.6 Å². The summed E-state index contributed by atoms with van der Waals surface area (Å²) in [6.45, 7) is 5.77. The average Bonchev–Trinajstić information content (AvgIpc) is 3.43. The zero-order valence-corrected chi connectivity index (χ0v) is 22.4. The van der Waals surface area contributed by atoms with Crippen molar-refractivity contribution in [2.75, 3.05) is 6.61 Å². The summed E-state index contributed by atoms with van der Waals surface area (Å²) in [5, 5.41) is 0. The number of hydrogen-bond donors (Lipinski definition) is 0. The maximum absolute atomic E-state index is 13.7. The summed E-state index contributed by atoms with van der Waals surface area (Å²) >= 11 is 4.75. The standard InChI is InChI=1S/C28H23BrN2O4S/c1-4-34-27(33)24-17(3)30-28-31(25(24)18-10-8-16(2)9-11-18)26(32)23(36-28)15-21-12-13-22(35-21)19-6-5-7-20(29)14-19/h5-15,25H,4H2,1-3H3/b23-15-/t25-/m0/s1. The van der Waals surface area contributed by atoms with Gasteiger partial charge in [-0.1, -0.05) is 69.2 Å². The fourth-order valence-corrected chi connectivity index (χ4v) is 5.64. The number of esters is 1. The van der Waals surface area contributed by atoms with Crippen molar-refractivity contribution in [1.82, 2.24) is 4.57 Å². The number of nitrogens with zero attached hydrogens (tertiary/aromatic N) is 2. The van der Waals surface area contributed by atoms with Crippen molar-refractivity contribution in [1.29, 1.82) is 0 Å². The number of allylic oxidation sites excluding steroid dienone is 1. The lowest BCUT2D eigenvalue weighted by Crippen LogP contribution is -2.39. The summed E-state index contributed by atoms with van der Waals surface area (Å²) in [5.41, 5.74) is 3.51. The second-order valence-corrected chi connectivity index (χ2v) is 10.4. The molecule has 1 aliphatic rings. The molecular weight excluding hydrogens is 540 g/mol. The van der Waals surface area contributed by atoms with Gasteiger partial charge >= 0.3 is 5.97 Å². The van der Waals surface area contributed by atoms with Gasteiger partial charge in [0.15, 0.2) is 4.80 Å². The minimum Gasteiger partial charge on any atom is -0.463 e.